The van der Waals surface area contributed by atoms with Gasteiger partial charge < -0.3 is 14.0 Å². The Morgan fingerprint density at radius 3 is 2.67 bits per heavy atom. The third-order valence-electron chi connectivity index (χ3n) is 3.46. The highest BCUT2D eigenvalue weighted by Crippen LogP contribution is 2.28. The lowest BCUT2D eigenvalue weighted by Crippen LogP contribution is -2.22. The molecular weight excluding hydrogens is 292 g/mol. The van der Waals surface area contributed by atoms with Gasteiger partial charge in [0.25, 0.3) is 0 Å². The number of hydrogen-bond acceptors (Lipinski definition) is 5. The fraction of sp³-hybridized carbons (Fsp3) is 0.643. The van der Waals surface area contributed by atoms with Crippen molar-refractivity contribution < 1.29 is 9.47 Å². The van der Waals surface area contributed by atoms with Crippen molar-refractivity contribution in [1.29, 1.82) is 0 Å². The van der Waals surface area contributed by atoms with E-state index in [1.54, 1.807) is 14.2 Å². The number of alkyl halides is 1. The Morgan fingerprint density at radius 1 is 1.29 bits per heavy atom. The molecule has 0 aliphatic rings. The molecule has 116 valence electrons. The number of aromatic nitrogens is 4. The van der Waals surface area contributed by atoms with E-state index in [9.17, 15) is 0 Å². The summed E-state index contributed by atoms with van der Waals surface area (Å²) in [6, 6.07) is 0. The molecule has 2 rings (SSSR count). The Bertz CT molecular complexity index is 612. The van der Waals surface area contributed by atoms with Gasteiger partial charge in [0.2, 0.25) is 5.88 Å². The van der Waals surface area contributed by atoms with E-state index in [-0.39, 0.29) is 5.41 Å². The predicted molar refractivity (Wildman–Crippen MR) is 81.7 cm³/mol. The number of hydrogen-bond donors (Lipinski definition) is 0. The van der Waals surface area contributed by atoms with Crippen LogP contribution in [-0.2, 0) is 17.2 Å². The van der Waals surface area contributed by atoms with E-state index in [1.165, 1.54) is 6.33 Å². The minimum atomic E-state index is 0.0443. The molecule has 2 aromatic heterocycles. The minimum absolute atomic E-state index is 0.0443. The summed E-state index contributed by atoms with van der Waals surface area (Å²) in [5, 5.41) is 0. The van der Waals surface area contributed by atoms with Crippen molar-refractivity contribution in [1.82, 2.24) is 19.5 Å². The van der Waals surface area contributed by atoms with Gasteiger partial charge in [-0.1, -0.05) is 13.8 Å². The first-order valence-corrected chi connectivity index (χ1v) is 7.35. The molecule has 0 amide bonds. The second kappa shape index (κ2) is 6.58. The molecule has 2 aromatic rings. The number of imidazole rings is 1. The molecule has 0 fully saturated rings. The maximum absolute atomic E-state index is 6.04. The van der Waals surface area contributed by atoms with E-state index in [0.29, 0.717) is 23.9 Å². The summed E-state index contributed by atoms with van der Waals surface area (Å²) in [4.78, 5) is 12.9. The molecule has 0 saturated carbocycles. The topological polar surface area (TPSA) is 62.1 Å². The van der Waals surface area contributed by atoms with Crippen molar-refractivity contribution in [2.24, 2.45) is 5.41 Å². The van der Waals surface area contributed by atoms with Crippen molar-refractivity contribution in [3.05, 3.63) is 12.2 Å². The van der Waals surface area contributed by atoms with Gasteiger partial charge >= 0.3 is 0 Å². The maximum atomic E-state index is 6.04. The van der Waals surface area contributed by atoms with Gasteiger partial charge in [-0.25, -0.2) is 9.97 Å². The normalized spacial score (nSPS) is 12.0. The van der Waals surface area contributed by atoms with Gasteiger partial charge in [-0.15, -0.1) is 11.6 Å². The van der Waals surface area contributed by atoms with E-state index in [0.717, 1.165) is 24.4 Å². The molecule has 0 radical (unpaired) electrons. The van der Waals surface area contributed by atoms with Gasteiger partial charge in [-0.3, -0.25) is 0 Å². The molecule has 21 heavy (non-hydrogen) atoms. The maximum Gasteiger partial charge on any atom is 0.245 e. The summed E-state index contributed by atoms with van der Waals surface area (Å²) in [7, 11) is 3.29. The zero-order valence-corrected chi connectivity index (χ0v) is 13.6. The lowest BCUT2D eigenvalue weighted by molar-refractivity contribution is 0.142. The van der Waals surface area contributed by atoms with E-state index in [1.807, 2.05) is 4.57 Å². The zero-order valence-electron chi connectivity index (χ0n) is 12.9. The average molecular weight is 313 g/mol. The third-order valence-corrected chi connectivity index (χ3v) is 3.70. The van der Waals surface area contributed by atoms with Crippen LogP contribution in [0.4, 0.5) is 0 Å². The largest absolute Gasteiger partial charge is 0.479 e. The van der Waals surface area contributed by atoms with Crippen LogP contribution in [0.25, 0.3) is 11.2 Å². The predicted octanol–water partition coefficient (Wildman–Crippen LogP) is 2.64. The van der Waals surface area contributed by atoms with Crippen LogP contribution >= 0.6 is 11.6 Å². The lowest BCUT2D eigenvalue weighted by atomic mass is 9.89. The highest BCUT2D eigenvalue weighted by atomic mass is 35.5. The van der Waals surface area contributed by atoms with Crippen LogP contribution in [0.5, 0.6) is 5.88 Å². The van der Waals surface area contributed by atoms with E-state index in [4.69, 9.17) is 21.1 Å². The Labute approximate surface area is 129 Å². The van der Waals surface area contributed by atoms with Crippen molar-refractivity contribution in [3.8, 4) is 5.88 Å². The molecule has 0 bridgehead atoms. The summed E-state index contributed by atoms with van der Waals surface area (Å²) in [5.41, 5.74) is 1.45. The summed E-state index contributed by atoms with van der Waals surface area (Å²) < 4.78 is 12.5. The van der Waals surface area contributed by atoms with Crippen LogP contribution in [0.3, 0.4) is 0 Å². The molecule has 6 nitrogen and oxygen atoms in total. The smallest absolute Gasteiger partial charge is 0.245 e. The quantitative estimate of drug-likeness (QED) is 0.735. The average Bonchev–Trinajstić information content (AvgIpc) is 2.82. The van der Waals surface area contributed by atoms with E-state index >= 15 is 0 Å². The molecule has 0 atom stereocenters. The summed E-state index contributed by atoms with van der Waals surface area (Å²) in [6.07, 6.45) is 2.42. The second-order valence-corrected chi connectivity index (χ2v) is 5.98. The third kappa shape index (κ3) is 3.44. The number of halogens is 1. The molecular formula is C14H21ClN4O2. The highest BCUT2D eigenvalue weighted by molar-refractivity contribution is 6.16. The summed E-state index contributed by atoms with van der Waals surface area (Å²) in [6.45, 7) is 5.85. The molecule has 2 heterocycles. The first-order chi connectivity index (χ1) is 10.0. The number of rotatable bonds is 7. The van der Waals surface area contributed by atoms with Crippen molar-refractivity contribution in [2.45, 2.75) is 32.7 Å². The monoisotopic (exact) mass is 312 g/mol. The highest BCUT2D eigenvalue weighted by Gasteiger charge is 2.23. The van der Waals surface area contributed by atoms with Gasteiger partial charge in [-0.2, -0.15) is 4.98 Å². The van der Waals surface area contributed by atoms with Crippen LogP contribution in [-0.4, -0.2) is 40.3 Å². The van der Waals surface area contributed by atoms with Crippen molar-refractivity contribution in [3.63, 3.8) is 0 Å². The molecule has 0 N–H and O–H groups in total. The first kappa shape index (κ1) is 16.0. The van der Waals surface area contributed by atoms with Crippen LogP contribution in [0, 0.1) is 5.41 Å². The van der Waals surface area contributed by atoms with Gasteiger partial charge in [0.15, 0.2) is 11.2 Å². The molecule has 0 spiro atoms. The molecule has 0 aliphatic carbocycles. The van der Waals surface area contributed by atoms with Crippen LogP contribution < -0.4 is 4.74 Å². The number of fused-ring (bicyclic) bond motifs is 1. The Balaban J connectivity index is 2.42. The Kier molecular flexibility index (Phi) is 5.00. The fourth-order valence-corrected chi connectivity index (χ4v) is 2.47. The van der Waals surface area contributed by atoms with E-state index < -0.39 is 0 Å². The number of methoxy groups -OCH3 is 2. The fourth-order valence-electron chi connectivity index (χ4n) is 2.26. The Hall–Kier alpha value is -1.40. The number of ether oxygens (including phenoxy) is 2. The molecule has 0 unspecified atom stereocenters. The molecule has 0 aliphatic heterocycles. The van der Waals surface area contributed by atoms with Gasteiger partial charge in [0, 0.05) is 20.3 Å². The van der Waals surface area contributed by atoms with Crippen molar-refractivity contribution in [2.75, 3.05) is 20.8 Å². The van der Waals surface area contributed by atoms with Gasteiger partial charge in [-0.05, 0) is 11.8 Å². The van der Waals surface area contributed by atoms with Gasteiger partial charge in [0.1, 0.15) is 12.2 Å². The van der Waals surface area contributed by atoms with Crippen LogP contribution in [0.2, 0.25) is 0 Å². The zero-order chi connectivity index (χ0) is 15.5. The van der Waals surface area contributed by atoms with Crippen LogP contribution in [0.15, 0.2) is 6.33 Å². The summed E-state index contributed by atoms with van der Waals surface area (Å²) in [5.74, 6) is 1.57. The standard InChI is InChI=1S/C14H21ClN4O2/c1-14(2,5-6-20-3)8-19-10(7-15)18-11-12(19)16-9-17-13(11)21-4/h9H,5-8H2,1-4H3. The summed E-state index contributed by atoms with van der Waals surface area (Å²) >= 11 is 6.04. The van der Waals surface area contributed by atoms with E-state index in [2.05, 4.69) is 28.8 Å². The van der Waals surface area contributed by atoms with Crippen molar-refractivity contribution >= 4 is 22.8 Å². The lowest BCUT2D eigenvalue weighted by Gasteiger charge is -2.25. The molecule has 0 aromatic carbocycles. The Morgan fingerprint density at radius 2 is 2.05 bits per heavy atom. The minimum Gasteiger partial charge on any atom is -0.479 e. The SMILES string of the molecule is COCCC(C)(C)Cn1c(CCl)nc2c(OC)ncnc21. The van der Waals surface area contributed by atoms with Crippen LogP contribution in [0.1, 0.15) is 26.1 Å². The molecule has 0 saturated heterocycles. The molecule has 7 heteroatoms. The second-order valence-electron chi connectivity index (χ2n) is 5.71. The number of nitrogens with zero attached hydrogens (tertiary/aromatic N) is 4. The first-order valence-electron chi connectivity index (χ1n) is 6.81. The van der Waals surface area contributed by atoms with Gasteiger partial charge in [0.05, 0.1) is 13.0 Å².